The minimum absolute atomic E-state index is 0. The number of nitrogens with zero attached hydrogens (tertiary/aromatic N) is 1. The fraction of sp³-hybridized carbons (Fsp3) is 0.538. The van der Waals surface area contributed by atoms with Gasteiger partial charge in [-0.15, -0.1) is 12.4 Å². The second-order valence-electron chi connectivity index (χ2n) is 4.62. The summed E-state index contributed by atoms with van der Waals surface area (Å²) in [4.78, 5) is 16.1. The minimum atomic E-state index is -0.794. The van der Waals surface area contributed by atoms with Crippen molar-refractivity contribution in [1.82, 2.24) is 10.3 Å². The first kappa shape index (κ1) is 16.9. The summed E-state index contributed by atoms with van der Waals surface area (Å²) in [6, 6.07) is 3.85. The van der Waals surface area contributed by atoms with E-state index in [9.17, 15) is 4.79 Å². The Bertz CT molecular complexity index is 394. The molecule has 0 aliphatic heterocycles. The van der Waals surface area contributed by atoms with Crippen molar-refractivity contribution in [3.8, 4) is 0 Å². The summed E-state index contributed by atoms with van der Waals surface area (Å²) in [7, 11) is 0. The van der Waals surface area contributed by atoms with Gasteiger partial charge in [0.1, 0.15) is 0 Å². The summed E-state index contributed by atoms with van der Waals surface area (Å²) in [5, 5.41) is 2.84. The SMILES string of the molecule is CCCC(C)(N)C(=O)NCc1ncccc1C.Cl. The molecule has 0 fully saturated rings. The lowest BCUT2D eigenvalue weighted by Crippen LogP contribution is -2.51. The Balaban J connectivity index is 0.00000289. The number of hydrogen-bond donors (Lipinski definition) is 2. The molecule has 0 radical (unpaired) electrons. The third kappa shape index (κ3) is 4.63. The van der Waals surface area contributed by atoms with Crippen molar-refractivity contribution in [3.63, 3.8) is 0 Å². The average molecular weight is 272 g/mol. The highest BCUT2D eigenvalue weighted by atomic mass is 35.5. The van der Waals surface area contributed by atoms with E-state index in [2.05, 4.69) is 10.3 Å². The first-order chi connectivity index (χ1) is 7.97. The minimum Gasteiger partial charge on any atom is -0.349 e. The van der Waals surface area contributed by atoms with Crippen LogP contribution in [0.4, 0.5) is 0 Å². The number of rotatable bonds is 5. The number of aryl methyl sites for hydroxylation is 1. The van der Waals surface area contributed by atoms with Crippen LogP contribution in [-0.4, -0.2) is 16.4 Å². The maximum Gasteiger partial charge on any atom is 0.240 e. The van der Waals surface area contributed by atoms with E-state index in [1.807, 2.05) is 26.0 Å². The Hall–Kier alpha value is -1.13. The standard InChI is InChI=1S/C13H21N3O.ClH/c1-4-7-13(3,14)12(17)16-9-11-10(2)6-5-8-15-11;/h5-6,8H,4,7,9,14H2,1-3H3,(H,16,17);1H. The third-order valence-corrected chi connectivity index (χ3v) is 2.82. The van der Waals surface area contributed by atoms with Gasteiger partial charge in [0, 0.05) is 6.20 Å². The Morgan fingerprint density at radius 2 is 2.22 bits per heavy atom. The van der Waals surface area contributed by atoms with Gasteiger partial charge in [0.05, 0.1) is 17.8 Å². The Kier molecular flexibility index (Phi) is 6.88. The number of halogens is 1. The molecule has 0 aliphatic carbocycles. The molecule has 0 saturated carbocycles. The molecule has 1 heterocycles. The average Bonchev–Trinajstić information content (AvgIpc) is 2.27. The highest BCUT2D eigenvalue weighted by molar-refractivity contribution is 5.85. The number of carbonyl (C=O) groups excluding carboxylic acids is 1. The van der Waals surface area contributed by atoms with Crippen molar-refractivity contribution in [2.24, 2.45) is 5.73 Å². The predicted octanol–water partition coefficient (Wildman–Crippen LogP) is 1.95. The van der Waals surface area contributed by atoms with Crippen molar-refractivity contribution in [2.45, 2.75) is 45.7 Å². The normalized spacial score (nSPS) is 13.3. The first-order valence-electron chi connectivity index (χ1n) is 5.95. The molecule has 102 valence electrons. The largest absolute Gasteiger partial charge is 0.349 e. The van der Waals surface area contributed by atoms with E-state index in [1.54, 1.807) is 13.1 Å². The van der Waals surface area contributed by atoms with E-state index < -0.39 is 5.54 Å². The van der Waals surface area contributed by atoms with E-state index in [0.29, 0.717) is 13.0 Å². The van der Waals surface area contributed by atoms with Crippen LogP contribution < -0.4 is 11.1 Å². The number of aromatic nitrogens is 1. The van der Waals surface area contributed by atoms with Crippen molar-refractivity contribution < 1.29 is 4.79 Å². The molecule has 0 bridgehead atoms. The molecular formula is C13H22ClN3O. The van der Waals surface area contributed by atoms with Crippen LogP contribution >= 0.6 is 12.4 Å². The fourth-order valence-electron chi connectivity index (χ4n) is 1.70. The van der Waals surface area contributed by atoms with Crippen molar-refractivity contribution in [2.75, 3.05) is 0 Å². The molecular weight excluding hydrogens is 250 g/mol. The molecule has 1 rings (SSSR count). The quantitative estimate of drug-likeness (QED) is 0.860. The van der Waals surface area contributed by atoms with Gasteiger partial charge < -0.3 is 11.1 Å². The van der Waals surface area contributed by atoms with Gasteiger partial charge in [-0.2, -0.15) is 0 Å². The van der Waals surface area contributed by atoms with Crippen LogP contribution in [0.5, 0.6) is 0 Å². The first-order valence-corrected chi connectivity index (χ1v) is 5.95. The zero-order valence-corrected chi connectivity index (χ0v) is 12.0. The van der Waals surface area contributed by atoms with Crippen LogP contribution in [0, 0.1) is 6.92 Å². The zero-order chi connectivity index (χ0) is 12.9. The molecule has 5 heteroatoms. The highest BCUT2D eigenvalue weighted by Crippen LogP contribution is 2.09. The van der Waals surface area contributed by atoms with Gasteiger partial charge in [-0.3, -0.25) is 9.78 Å². The molecule has 1 amide bonds. The maximum atomic E-state index is 11.9. The van der Waals surface area contributed by atoms with E-state index in [-0.39, 0.29) is 18.3 Å². The molecule has 1 atom stereocenters. The van der Waals surface area contributed by atoms with Crippen LogP contribution in [0.3, 0.4) is 0 Å². The van der Waals surface area contributed by atoms with Gasteiger partial charge in [-0.1, -0.05) is 19.4 Å². The van der Waals surface area contributed by atoms with E-state index in [0.717, 1.165) is 17.7 Å². The maximum absolute atomic E-state index is 11.9. The summed E-state index contributed by atoms with van der Waals surface area (Å²) in [5.41, 5.74) is 7.10. The summed E-state index contributed by atoms with van der Waals surface area (Å²) in [6.07, 6.45) is 3.30. The molecule has 0 aliphatic rings. The van der Waals surface area contributed by atoms with Gasteiger partial charge in [-0.25, -0.2) is 0 Å². The summed E-state index contributed by atoms with van der Waals surface area (Å²) in [5.74, 6) is -0.121. The van der Waals surface area contributed by atoms with Crippen LogP contribution in [0.1, 0.15) is 37.9 Å². The van der Waals surface area contributed by atoms with Crippen LogP contribution in [0.15, 0.2) is 18.3 Å². The van der Waals surface area contributed by atoms with E-state index >= 15 is 0 Å². The zero-order valence-electron chi connectivity index (χ0n) is 11.2. The Labute approximate surface area is 115 Å². The van der Waals surface area contributed by atoms with Crippen molar-refractivity contribution in [3.05, 3.63) is 29.6 Å². The second kappa shape index (κ2) is 7.34. The lowest BCUT2D eigenvalue weighted by atomic mass is 9.96. The number of carbonyl (C=O) groups is 1. The molecule has 0 aromatic carbocycles. The molecule has 1 aromatic heterocycles. The van der Waals surface area contributed by atoms with Crippen LogP contribution in [0.2, 0.25) is 0 Å². The number of pyridine rings is 1. The summed E-state index contributed by atoms with van der Waals surface area (Å²) < 4.78 is 0. The Morgan fingerprint density at radius 3 is 2.78 bits per heavy atom. The second-order valence-corrected chi connectivity index (χ2v) is 4.62. The van der Waals surface area contributed by atoms with E-state index in [4.69, 9.17) is 5.73 Å². The van der Waals surface area contributed by atoms with Gasteiger partial charge >= 0.3 is 0 Å². The van der Waals surface area contributed by atoms with E-state index in [1.165, 1.54) is 0 Å². The van der Waals surface area contributed by atoms with Gasteiger partial charge in [0.25, 0.3) is 0 Å². The Morgan fingerprint density at radius 1 is 1.56 bits per heavy atom. The fourth-order valence-corrected chi connectivity index (χ4v) is 1.70. The van der Waals surface area contributed by atoms with Crippen molar-refractivity contribution >= 4 is 18.3 Å². The summed E-state index contributed by atoms with van der Waals surface area (Å²) in [6.45, 7) is 6.18. The van der Waals surface area contributed by atoms with Gasteiger partial charge in [0.2, 0.25) is 5.91 Å². The summed E-state index contributed by atoms with van der Waals surface area (Å²) >= 11 is 0. The number of amides is 1. The molecule has 0 spiro atoms. The lowest BCUT2D eigenvalue weighted by Gasteiger charge is -2.22. The van der Waals surface area contributed by atoms with Crippen LogP contribution in [-0.2, 0) is 11.3 Å². The molecule has 0 saturated heterocycles. The monoisotopic (exact) mass is 271 g/mol. The van der Waals surface area contributed by atoms with Crippen LogP contribution in [0.25, 0.3) is 0 Å². The third-order valence-electron chi connectivity index (χ3n) is 2.82. The van der Waals surface area contributed by atoms with Gasteiger partial charge in [0.15, 0.2) is 0 Å². The number of hydrogen-bond acceptors (Lipinski definition) is 3. The lowest BCUT2D eigenvalue weighted by molar-refractivity contribution is -0.126. The predicted molar refractivity (Wildman–Crippen MR) is 75.6 cm³/mol. The van der Waals surface area contributed by atoms with Crippen molar-refractivity contribution in [1.29, 1.82) is 0 Å². The molecule has 18 heavy (non-hydrogen) atoms. The van der Waals surface area contributed by atoms with Gasteiger partial charge in [-0.05, 0) is 31.9 Å². The smallest absolute Gasteiger partial charge is 0.240 e. The molecule has 1 aromatic rings. The highest BCUT2D eigenvalue weighted by Gasteiger charge is 2.26. The molecule has 3 N–H and O–H groups in total. The number of nitrogens with one attached hydrogen (secondary N) is 1. The molecule has 1 unspecified atom stereocenters. The topological polar surface area (TPSA) is 68.0 Å². The number of nitrogens with two attached hydrogens (primary N) is 1. The molecule has 4 nitrogen and oxygen atoms in total.